The smallest absolute Gasteiger partial charge is 0.315 e. The summed E-state index contributed by atoms with van der Waals surface area (Å²) >= 11 is 0. The predicted octanol–water partition coefficient (Wildman–Crippen LogP) is 3.03. The summed E-state index contributed by atoms with van der Waals surface area (Å²) in [6, 6.07) is -3.08. The summed E-state index contributed by atoms with van der Waals surface area (Å²) in [6.07, 6.45) is 7.71. The van der Waals surface area contributed by atoms with Crippen LogP contribution >= 0.6 is 0 Å². The maximum Gasteiger partial charge on any atom is 0.315 e. The maximum absolute atomic E-state index is 14.3. The fraction of sp³-hybridized carbons (Fsp3) is 0.833. The number of carbonyl (C=O) groups excluding carboxylic acids is 5. The lowest BCUT2D eigenvalue weighted by atomic mass is 9.78. The molecule has 5 N–H and O–H groups in total. The summed E-state index contributed by atoms with van der Waals surface area (Å²) in [5.74, 6) is -2.56. The van der Waals surface area contributed by atoms with Gasteiger partial charge in [0.25, 0.3) is 5.91 Å². The fourth-order valence-corrected chi connectivity index (χ4v) is 6.73. The highest BCUT2D eigenvalue weighted by atomic mass is 16.2. The van der Waals surface area contributed by atoms with E-state index in [2.05, 4.69) is 29.8 Å². The second-order valence-corrected chi connectivity index (χ2v) is 14.5. The molecule has 1 aliphatic carbocycles. The second-order valence-electron chi connectivity index (χ2n) is 14.5. The van der Waals surface area contributed by atoms with Crippen molar-refractivity contribution in [3.8, 4) is 0 Å². The minimum absolute atomic E-state index is 0.0740. The number of rotatable bonds is 3. The van der Waals surface area contributed by atoms with Crippen molar-refractivity contribution < 1.29 is 24.0 Å². The number of nitrogens with two attached hydrogens (primary N) is 1. The molecular weight excluding hydrogens is 510 g/mol. The van der Waals surface area contributed by atoms with Crippen LogP contribution in [0.3, 0.4) is 0 Å². The van der Waals surface area contributed by atoms with E-state index in [1.807, 2.05) is 34.6 Å². The Morgan fingerprint density at radius 2 is 1.52 bits per heavy atom. The molecule has 3 aliphatic rings. The van der Waals surface area contributed by atoms with E-state index in [1.54, 1.807) is 4.90 Å². The summed E-state index contributed by atoms with van der Waals surface area (Å²) in [4.78, 5) is 67.2. The molecule has 5 amide bonds. The number of nitrogens with zero attached hydrogens (tertiary/aromatic N) is 1. The Morgan fingerprint density at radius 3 is 2.10 bits per heavy atom. The molecule has 10 nitrogen and oxygen atoms in total. The first-order valence-corrected chi connectivity index (χ1v) is 15.0. The Bertz CT molecular complexity index is 1000. The van der Waals surface area contributed by atoms with Gasteiger partial charge >= 0.3 is 6.03 Å². The van der Waals surface area contributed by atoms with Gasteiger partial charge in [-0.2, -0.15) is 0 Å². The highest BCUT2D eigenvalue weighted by Gasteiger charge is 2.70. The Kier molecular flexibility index (Phi) is 9.62. The lowest BCUT2D eigenvalue weighted by molar-refractivity contribution is -0.145. The van der Waals surface area contributed by atoms with E-state index in [4.69, 9.17) is 5.73 Å². The van der Waals surface area contributed by atoms with Crippen LogP contribution in [-0.2, 0) is 19.2 Å². The standard InChI is InChI=1S/C30H51N5O5/c1-28(2,3)34-27(40)33-23-26(39)35-17-18-20(30(18,6)7)21(35)25(38)32-19(22(36)24(31)37)15-13-11-9-8-10-12-14-16-29(23,4)5/h18-21,23H,8-17H2,1-7H3,(H2,31,37)(H,32,38)(H2,33,34,40)/t18?,19-,20-,21-,23+/m0/s1. The third kappa shape index (κ3) is 7.35. The number of primary amides is 1. The van der Waals surface area contributed by atoms with E-state index < -0.39 is 52.7 Å². The number of hydrogen-bond donors (Lipinski definition) is 4. The van der Waals surface area contributed by atoms with Gasteiger partial charge < -0.3 is 26.6 Å². The van der Waals surface area contributed by atoms with Crippen LogP contribution in [0.1, 0.15) is 106 Å². The van der Waals surface area contributed by atoms with Crippen LogP contribution in [-0.4, -0.2) is 64.6 Å². The third-order valence-corrected chi connectivity index (χ3v) is 9.24. The van der Waals surface area contributed by atoms with Gasteiger partial charge in [0.2, 0.25) is 17.6 Å². The van der Waals surface area contributed by atoms with Crippen LogP contribution in [0.25, 0.3) is 0 Å². The van der Waals surface area contributed by atoms with Gasteiger partial charge in [-0.25, -0.2) is 4.79 Å². The average Bonchev–Trinajstić information content (AvgIpc) is 3.15. The first-order valence-electron chi connectivity index (χ1n) is 15.0. The van der Waals surface area contributed by atoms with Crippen molar-refractivity contribution in [2.75, 3.05) is 6.54 Å². The Labute approximate surface area is 239 Å². The number of Topliss-reactive ketones (excluding diaryl/α,β-unsaturated/α-hetero) is 1. The highest BCUT2D eigenvalue weighted by molar-refractivity contribution is 6.37. The van der Waals surface area contributed by atoms with Gasteiger partial charge in [-0.3, -0.25) is 19.2 Å². The van der Waals surface area contributed by atoms with Gasteiger partial charge in [0.05, 0.1) is 6.04 Å². The molecule has 2 aliphatic heterocycles. The third-order valence-electron chi connectivity index (χ3n) is 9.24. The van der Waals surface area contributed by atoms with Crippen LogP contribution in [0.4, 0.5) is 4.79 Å². The van der Waals surface area contributed by atoms with Crippen molar-refractivity contribution in [1.82, 2.24) is 20.9 Å². The fourth-order valence-electron chi connectivity index (χ4n) is 6.73. The molecule has 0 aromatic rings. The molecule has 0 aromatic carbocycles. The number of nitrogens with one attached hydrogen (secondary N) is 3. The number of ketones is 1. The van der Waals surface area contributed by atoms with E-state index in [9.17, 15) is 24.0 Å². The van der Waals surface area contributed by atoms with Crippen molar-refractivity contribution >= 4 is 29.5 Å². The van der Waals surface area contributed by atoms with Gasteiger partial charge in [0, 0.05) is 12.1 Å². The Morgan fingerprint density at radius 1 is 0.950 bits per heavy atom. The van der Waals surface area contributed by atoms with Crippen LogP contribution in [0.15, 0.2) is 0 Å². The van der Waals surface area contributed by atoms with Gasteiger partial charge in [-0.15, -0.1) is 0 Å². The summed E-state index contributed by atoms with van der Waals surface area (Å²) in [5, 5.41) is 8.66. The molecule has 5 atom stereocenters. The number of fused-ring (bicyclic) bond motifs is 3. The van der Waals surface area contributed by atoms with Crippen molar-refractivity contribution in [3.05, 3.63) is 0 Å². The molecule has 1 saturated carbocycles. The minimum Gasteiger partial charge on any atom is -0.363 e. The Hall–Kier alpha value is -2.65. The lowest BCUT2D eigenvalue weighted by Crippen LogP contribution is -2.62. The van der Waals surface area contributed by atoms with Crippen LogP contribution in [0.5, 0.6) is 0 Å². The molecule has 2 heterocycles. The van der Waals surface area contributed by atoms with E-state index in [0.29, 0.717) is 19.4 Å². The average molecular weight is 562 g/mol. The molecule has 3 fully saturated rings. The van der Waals surface area contributed by atoms with Gasteiger partial charge in [0.1, 0.15) is 12.1 Å². The van der Waals surface area contributed by atoms with E-state index in [1.165, 1.54) is 0 Å². The first-order chi connectivity index (χ1) is 18.5. The lowest BCUT2D eigenvalue weighted by Gasteiger charge is -2.40. The van der Waals surface area contributed by atoms with Crippen LogP contribution < -0.4 is 21.7 Å². The minimum atomic E-state index is -1.07. The normalized spacial score (nSPS) is 31.2. The van der Waals surface area contributed by atoms with Crippen molar-refractivity contribution in [1.29, 1.82) is 0 Å². The quantitative estimate of drug-likeness (QED) is 0.391. The van der Waals surface area contributed by atoms with Gasteiger partial charge in [-0.05, 0) is 56.3 Å². The molecule has 226 valence electrons. The number of piperidine rings is 1. The maximum atomic E-state index is 14.3. The number of carbonyl (C=O) groups is 5. The molecule has 0 radical (unpaired) electrons. The molecule has 2 saturated heterocycles. The van der Waals surface area contributed by atoms with Crippen LogP contribution in [0, 0.1) is 22.7 Å². The van der Waals surface area contributed by atoms with Gasteiger partial charge in [-0.1, -0.05) is 72.6 Å². The molecule has 3 rings (SSSR count). The highest BCUT2D eigenvalue weighted by Crippen LogP contribution is 2.65. The summed E-state index contributed by atoms with van der Waals surface area (Å²) < 4.78 is 0. The SMILES string of the molecule is CC(C)(C)NC(=O)N[C@@H]1C(=O)N2CC3[C@@H]([C@H]2C(=O)N[C@H](C(=O)C(N)=O)CCCCCCCCCC1(C)C)C3(C)C. The van der Waals surface area contributed by atoms with Crippen LogP contribution in [0.2, 0.25) is 0 Å². The number of hydrogen-bond acceptors (Lipinski definition) is 5. The summed E-state index contributed by atoms with van der Waals surface area (Å²) in [7, 11) is 0. The predicted molar refractivity (Wildman–Crippen MR) is 153 cm³/mol. The van der Waals surface area contributed by atoms with E-state index in [-0.39, 0.29) is 23.2 Å². The first kappa shape index (κ1) is 31.9. The van der Waals surface area contributed by atoms with Crippen molar-refractivity contribution in [2.24, 2.45) is 28.4 Å². The molecule has 1 unspecified atom stereocenters. The monoisotopic (exact) mass is 561 g/mol. The molecule has 0 spiro atoms. The van der Waals surface area contributed by atoms with E-state index in [0.717, 1.165) is 44.9 Å². The molecule has 0 aromatic heterocycles. The van der Waals surface area contributed by atoms with Crippen molar-refractivity contribution in [2.45, 2.75) is 130 Å². The number of amides is 5. The summed E-state index contributed by atoms with van der Waals surface area (Å²) in [5.41, 5.74) is 4.14. The molecule has 10 heteroatoms. The molecule has 40 heavy (non-hydrogen) atoms. The summed E-state index contributed by atoms with van der Waals surface area (Å²) in [6.45, 7) is 14.2. The zero-order chi connectivity index (χ0) is 30.0. The van der Waals surface area contributed by atoms with Gasteiger partial charge in [0.15, 0.2) is 0 Å². The zero-order valence-electron chi connectivity index (χ0n) is 25.5. The molecular formula is C30H51N5O5. The molecule has 0 bridgehead atoms. The zero-order valence-corrected chi connectivity index (χ0v) is 25.5. The second kappa shape index (κ2) is 12.1. The number of urea groups is 1. The van der Waals surface area contributed by atoms with Crippen molar-refractivity contribution in [3.63, 3.8) is 0 Å². The Balaban J connectivity index is 1.96. The topological polar surface area (TPSA) is 151 Å². The van der Waals surface area contributed by atoms with E-state index >= 15 is 0 Å². The largest absolute Gasteiger partial charge is 0.363 e.